The summed E-state index contributed by atoms with van der Waals surface area (Å²) in [5.41, 5.74) is 1.77. The summed E-state index contributed by atoms with van der Waals surface area (Å²) in [6.45, 7) is 3.63. The lowest BCUT2D eigenvalue weighted by atomic mass is 9.88. The molecule has 2 aliphatic heterocycles. The number of fused-ring (bicyclic) bond motifs is 1. The molecule has 0 aromatic heterocycles. The Hall–Kier alpha value is -1.46. The van der Waals surface area contributed by atoms with Crippen molar-refractivity contribution >= 4 is 10.0 Å². The topological polar surface area (TPSA) is 82.4 Å². The minimum absolute atomic E-state index is 0.154. The van der Waals surface area contributed by atoms with Crippen molar-refractivity contribution in [3.63, 3.8) is 0 Å². The number of hydrogen-bond acceptors (Lipinski definition) is 5. The van der Waals surface area contributed by atoms with Gasteiger partial charge in [0.15, 0.2) is 0 Å². The Morgan fingerprint density at radius 1 is 1.39 bits per heavy atom. The third-order valence-corrected chi connectivity index (χ3v) is 5.27. The molecule has 6 nitrogen and oxygen atoms in total. The van der Waals surface area contributed by atoms with E-state index in [4.69, 9.17) is 10.00 Å². The molecular formula is C16H21N3O3S. The van der Waals surface area contributed by atoms with Crippen LogP contribution in [-0.2, 0) is 21.3 Å². The maximum absolute atomic E-state index is 11.5. The molecule has 2 aliphatic rings. The Morgan fingerprint density at radius 3 is 2.96 bits per heavy atom. The van der Waals surface area contributed by atoms with Crippen molar-refractivity contribution in [3.8, 4) is 6.07 Å². The summed E-state index contributed by atoms with van der Waals surface area (Å²) in [6.07, 6.45) is 1.19. The normalized spacial score (nSPS) is 28.3. The molecular weight excluding hydrogens is 314 g/mol. The molecule has 0 saturated carbocycles. The second-order valence-corrected chi connectivity index (χ2v) is 8.24. The van der Waals surface area contributed by atoms with Gasteiger partial charge >= 0.3 is 0 Å². The molecule has 7 heteroatoms. The summed E-state index contributed by atoms with van der Waals surface area (Å²) in [4.78, 5) is 2.32. The Kier molecular flexibility index (Phi) is 4.69. The van der Waals surface area contributed by atoms with Crippen LogP contribution in [-0.4, -0.2) is 51.9 Å². The van der Waals surface area contributed by atoms with Gasteiger partial charge in [-0.15, -0.1) is 0 Å². The summed E-state index contributed by atoms with van der Waals surface area (Å²) >= 11 is 0. The van der Waals surface area contributed by atoms with Gasteiger partial charge in [0.1, 0.15) is 0 Å². The Bertz CT molecular complexity index is 714. The van der Waals surface area contributed by atoms with Crippen molar-refractivity contribution in [3.05, 3.63) is 35.4 Å². The van der Waals surface area contributed by atoms with E-state index in [1.54, 1.807) is 6.07 Å². The molecule has 3 atom stereocenters. The van der Waals surface area contributed by atoms with E-state index in [-0.39, 0.29) is 12.0 Å². The predicted octanol–water partition coefficient (Wildman–Crippen LogP) is 0.554. The number of nitrogens with zero attached hydrogens (tertiary/aromatic N) is 2. The van der Waals surface area contributed by atoms with Crippen LogP contribution in [0.2, 0.25) is 0 Å². The monoisotopic (exact) mass is 335 g/mol. The molecule has 0 bridgehead atoms. The maximum atomic E-state index is 11.5. The average Bonchev–Trinajstić information content (AvgIpc) is 2.89. The fourth-order valence-electron chi connectivity index (χ4n) is 3.61. The highest BCUT2D eigenvalue weighted by Crippen LogP contribution is 2.31. The van der Waals surface area contributed by atoms with Gasteiger partial charge in [-0.25, -0.2) is 13.1 Å². The molecule has 1 aromatic carbocycles. The number of nitriles is 1. The van der Waals surface area contributed by atoms with Crippen LogP contribution >= 0.6 is 0 Å². The first-order valence-electron chi connectivity index (χ1n) is 7.71. The average molecular weight is 335 g/mol. The van der Waals surface area contributed by atoms with Gasteiger partial charge in [-0.3, -0.25) is 4.90 Å². The molecule has 3 rings (SSSR count). The summed E-state index contributed by atoms with van der Waals surface area (Å²) in [5.74, 6) is 0.625. The van der Waals surface area contributed by atoms with Gasteiger partial charge in [-0.2, -0.15) is 5.26 Å². The van der Waals surface area contributed by atoms with Gasteiger partial charge in [0, 0.05) is 31.6 Å². The summed E-state index contributed by atoms with van der Waals surface area (Å²) in [5, 5.41) is 8.99. The Labute approximate surface area is 137 Å². The van der Waals surface area contributed by atoms with E-state index in [9.17, 15) is 8.42 Å². The second-order valence-electron chi connectivity index (χ2n) is 6.46. The molecule has 2 fully saturated rings. The standard InChI is InChI=1S/C16H21N3O3S/c1-23(20,21)18-16-11-22-10-14-8-19(9-15(14)16)7-13-4-2-3-12(5-13)6-17/h2-5,14-16,18H,7-11H2,1H3/t14-,15-,16+/m0/s1. The van der Waals surface area contributed by atoms with Crippen molar-refractivity contribution in [2.24, 2.45) is 11.8 Å². The van der Waals surface area contributed by atoms with E-state index in [0.717, 1.165) is 25.2 Å². The number of hydrogen-bond donors (Lipinski definition) is 1. The largest absolute Gasteiger partial charge is 0.379 e. The van der Waals surface area contributed by atoms with E-state index in [1.807, 2.05) is 18.2 Å². The zero-order valence-electron chi connectivity index (χ0n) is 13.1. The van der Waals surface area contributed by atoms with E-state index in [0.29, 0.717) is 24.7 Å². The lowest BCUT2D eigenvalue weighted by molar-refractivity contribution is 0.0164. The first kappa shape index (κ1) is 16.4. The van der Waals surface area contributed by atoms with Crippen LogP contribution in [0.25, 0.3) is 0 Å². The van der Waals surface area contributed by atoms with E-state index in [1.165, 1.54) is 6.26 Å². The molecule has 1 N–H and O–H groups in total. The first-order chi connectivity index (χ1) is 10.9. The zero-order chi connectivity index (χ0) is 16.4. The fraction of sp³-hybridized carbons (Fsp3) is 0.562. The number of ether oxygens (including phenoxy) is 1. The van der Waals surface area contributed by atoms with Crippen LogP contribution in [0.5, 0.6) is 0 Å². The highest BCUT2D eigenvalue weighted by molar-refractivity contribution is 7.88. The molecule has 0 unspecified atom stereocenters. The van der Waals surface area contributed by atoms with Gasteiger partial charge in [0.05, 0.1) is 31.1 Å². The summed E-state index contributed by atoms with van der Waals surface area (Å²) < 4.78 is 31.3. The van der Waals surface area contributed by atoms with Crippen LogP contribution in [0, 0.1) is 23.2 Å². The highest BCUT2D eigenvalue weighted by atomic mass is 32.2. The van der Waals surface area contributed by atoms with E-state index >= 15 is 0 Å². The molecule has 0 spiro atoms. The van der Waals surface area contributed by atoms with Gasteiger partial charge in [-0.1, -0.05) is 12.1 Å². The van der Waals surface area contributed by atoms with E-state index in [2.05, 4.69) is 15.7 Å². The van der Waals surface area contributed by atoms with Crippen molar-refractivity contribution < 1.29 is 13.2 Å². The van der Waals surface area contributed by atoms with Gasteiger partial charge in [0.2, 0.25) is 10.0 Å². The van der Waals surface area contributed by atoms with Gasteiger partial charge < -0.3 is 4.74 Å². The highest BCUT2D eigenvalue weighted by Gasteiger charge is 2.41. The van der Waals surface area contributed by atoms with Crippen molar-refractivity contribution in [2.75, 3.05) is 32.6 Å². The number of rotatable bonds is 4. The summed E-state index contributed by atoms with van der Waals surface area (Å²) in [6, 6.07) is 9.63. The molecule has 0 aliphatic carbocycles. The van der Waals surface area contributed by atoms with Crippen molar-refractivity contribution in [2.45, 2.75) is 12.6 Å². The van der Waals surface area contributed by atoms with E-state index < -0.39 is 10.0 Å². The minimum Gasteiger partial charge on any atom is -0.379 e. The van der Waals surface area contributed by atoms with Crippen LogP contribution in [0.3, 0.4) is 0 Å². The lowest BCUT2D eigenvalue weighted by Gasteiger charge is -2.32. The third kappa shape index (κ3) is 4.09. The number of nitrogens with one attached hydrogen (secondary N) is 1. The molecule has 23 heavy (non-hydrogen) atoms. The lowest BCUT2D eigenvalue weighted by Crippen LogP contribution is -2.49. The molecule has 2 heterocycles. The number of sulfonamides is 1. The smallest absolute Gasteiger partial charge is 0.209 e. The number of benzene rings is 1. The van der Waals surface area contributed by atoms with Crippen molar-refractivity contribution in [1.29, 1.82) is 5.26 Å². The number of likely N-dealkylation sites (tertiary alicyclic amines) is 1. The Morgan fingerprint density at radius 2 is 2.22 bits per heavy atom. The molecule has 2 saturated heterocycles. The third-order valence-electron chi connectivity index (χ3n) is 4.54. The summed E-state index contributed by atoms with van der Waals surface area (Å²) in [7, 11) is -3.23. The van der Waals surface area contributed by atoms with Crippen LogP contribution in [0.1, 0.15) is 11.1 Å². The second kappa shape index (κ2) is 6.57. The van der Waals surface area contributed by atoms with Gasteiger partial charge in [-0.05, 0) is 23.6 Å². The minimum atomic E-state index is -3.23. The predicted molar refractivity (Wildman–Crippen MR) is 86.0 cm³/mol. The molecule has 0 amide bonds. The molecule has 124 valence electrons. The fourth-order valence-corrected chi connectivity index (χ4v) is 4.41. The SMILES string of the molecule is CS(=O)(=O)N[C@@H]1COC[C@@H]2CN(Cc3cccc(C#N)c3)C[C@@H]21. The maximum Gasteiger partial charge on any atom is 0.209 e. The van der Waals surface area contributed by atoms with Gasteiger partial charge in [0.25, 0.3) is 0 Å². The Balaban J connectivity index is 1.67. The van der Waals surface area contributed by atoms with Crippen molar-refractivity contribution in [1.82, 2.24) is 9.62 Å². The molecule has 0 radical (unpaired) electrons. The molecule has 1 aromatic rings. The van der Waals surface area contributed by atoms with Crippen LogP contribution in [0.4, 0.5) is 0 Å². The van der Waals surface area contributed by atoms with Crippen LogP contribution in [0.15, 0.2) is 24.3 Å². The van der Waals surface area contributed by atoms with Crippen LogP contribution < -0.4 is 4.72 Å². The first-order valence-corrected chi connectivity index (χ1v) is 9.60. The quantitative estimate of drug-likeness (QED) is 0.869. The zero-order valence-corrected chi connectivity index (χ0v) is 13.9.